The minimum atomic E-state index is -0.941. The lowest BCUT2D eigenvalue weighted by Crippen LogP contribution is -2.45. The molecule has 1 aliphatic carbocycles. The zero-order valence-corrected chi connectivity index (χ0v) is 19.1. The zero-order valence-electron chi connectivity index (χ0n) is 16.7. The summed E-state index contributed by atoms with van der Waals surface area (Å²) in [4.78, 5) is 7.04. The number of hydrogen-bond acceptors (Lipinski definition) is 3. The molecule has 1 aromatic carbocycles. The maximum atomic E-state index is 13.8. The van der Waals surface area contributed by atoms with E-state index in [1.54, 1.807) is 18.2 Å². The first-order chi connectivity index (χ1) is 13.2. The quantitative estimate of drug-likeness (QED) is 0.303. The Morgan fingerprint density at radius 3 is 2.75 bits per heavy atom. The Labute approximate surface area is 185 Å². The molecule has 1 heterocycles. The van der Waals surface area contributed by atoms with Gasteiger partial charge >= 0.3 is 0 Å². The smallest absolute Gasteiger partial charge is 0.191 e. The van der Waals surface area contributed by atoms with E-state index in [9.17, 15) is 9.50 Å². The molecular weight excluding hydrogens is 470 g/mol. The average molecular weight is 504 g/mol. The van der Waals surface area contributed by atoms with Crippen LogP contribution in [0.1, 0.15) is 50.7 Å². The van der Waals surface area contributed by atoms with E-state index in [-0.39, 0.29) is 30.5 Å². The van der Waals surface area contributed by atoms with Crippen LogP contribution in [0.15, 0.2) is 29.3 Å². The van der Waals surface area contributed by atoms with Crippen molar-refractivity contribution in [1.29, 1.82) is 0 Å². The van der Waals surface area contributed by atoms with Crippen LogP contribution in [0.3, 0.4) is 0 Å². The number of nitrogens with zero attached hydrogens (tertiary/aromatic N) is 2. The van der Waals surface area contributed by atoms with Gasteiger partial charge in [-0.15, -0.1) is 24.0 Å². The number of likely N-dealkylation sites (tertiary alicyclic amines) is 1. The second-order valence-corrected chi connectivity index (χ2v) is 7.80. The van der Waals surface area contributed by atoms with Crippen molar-refractivity contribution < 1.29 is 9.50 Å². The molecule has 1 saturated carbocycles. The Hall–Kier alpha value is -0.930. The van der Waals surface area contributed by atoms with Gasteiger partial charge in [0.15, 0.2) is 5.96 Å². The number of halogens is 2. The molecule has 0 radical (unpaired) electrons. The number of guanidine groups is 1. The molecule has 0 amide bonds. The van der Waals surface area contributed by atoms with Gasteiger partial charge in [0.05, 0.1) is 6.54 Å². The standard InChI is InChI=1S/C21H33FN4O.HI/c1-2-23-21(24-13-20(27)18-9-5-6-10-19(18)22)25-17-11-12-26(15-17)14-16-7-3-4-8-16;/h5-6,9-10,16-17,20,27H,2-4,7-8,11-15H2,1H3,(H2,23,24,25);1H. The normalized spacial score (nSPS) is 22.1. The summed E-state index contributed by atoms with van der Waals surface area (Å²) in [5, 5.41) is 17.0. The molecule has 0 spiro atoms. The van der Waals surface area contributed by atoms with E-state index >= 15 is 0 Å². The lowest BCUT2D eigenvalue weighted by atomic mass is 10.1. The molecule has 1 aromatic rings. The summed E-state index contributed by atoms with van der Waals surface area (Å²) in [6.07, 6.45) is 5.71. The van der Waals surface area contributed by atoms with E-state index in [0.717, 1.165) is 32.0 Å². The summed E-state index contributed by atoms with van der Waals surface area (Å²) in [6, 6.07) is 6.69. The zero-order chi connectivity index (χ0) is 19.1. The molecule has 3 rings (SSSR count). The molecule has 2 atom stereocenters. The van der Waals surface area contributed by atoms with Gasteiger partial charge in [0.2, 0.25) is 0 Å². The van der Waals surface area contributed by atoms with Crippen LogP contribution in [-0.4, -0.2) is 54.7 Å². The van der Waals surface area contributed by atoms with Crippen LogP contribution >= 0.6 is 24.0 Å². The van der Waals surface area contributed by atoms with Crippen molar-refractivity contribution in [2.45, 2.75) is 51.2 Å². The number of rotatable bonds is 7. The third kappa shape index (κ3) is 6.84. The fourth-order valence-corrected chi connectivity index (χ4v) is 4.21. The molecule has 28 heavy (non-hydrogen) atoms. The predicted molar refractivity (Wildman–Crippen MR) is 123 cm³/mol. The Kier molecular flexibility index (Phi) is 9.94. The molecular formula is C21H34FIN4O. The fraction of sp³-hybridized carbons (Fsp3) is 0.667. The Bertz CT molecular complexity index is 624. The fourth-order valence-electron chi connectivity index (χ4n) is 4.21. The van der Waals surface area contributed by atoms with Crippen LogP contribution in [0.4, 0.5) is 4.39 Å². The molecule has 7 heteroatoms. The highest BCUT2D eigenvalue weighted by Crippen LogP contribution is 2.26. The van der Waals surface area contributed by atoms with Gasteiger partial charge in [-0.2, -0.15) is 0 Å². The monoisotopic (exact) mass is 504 g/mol. The lowest BCUT2D eigenvalue weighted by Gasteiger charge is -2.21. The van der Waals surface area contributed by atoms with Gasteiger partial charge in [-0.3, -0.25) is 4.99 Å². The first-order valence-corrected chi connectivity index (χ1v) is 10.4. The van der Waals surface area contributed by atoms with Crippen molar-refractivity contribution in [2.24, 2.45) is 10.9 Å². The topological polar surface area (TPSA) is 59.9 Å². The lowest BCUT2D eigenvalue weighted by molar-refractivity contribution is 0.182. The molecule has 2 unspecified atom stereocenters. The van der Waals surface area contributed by atoms with E-state index in [0.29, 0.717) is 17.6 Å². The summed E-state index contributed by atoms with van der Waals surface area (Å²) in [5.41, 5.74) is 0.292. The minimum absolute atomic E-state index is 0. The van der Waals surface area contributed by atoms with Crippen molar-refractivity contribution in [3.8, 4) is 0 Å². The van der Waals surface area contributed by atoms with Crippen LogP contribution in [0, 0.1) is 11.7 Å². The van der Waals surface area contributed by atoms with Crippen molar-refractivity contribution in [2.75, 3.05) is 32.7 Å². The van der Waals surface area contributed by atoms with Gasteiger partial charge in [0.25, 0.3) is 0 Å². The minimum Gasteiger partial charge on any atom is -0.386 e. The molecule has 158 valence electrons. The van der Waals surface area contributed by atoms with E-state index < -0.39 is 11.9 Å². The van der Waals surface area contributed by atoms with Gasteiger partial charge in [0.1, 0.15) is 11.9 Å². The largest absolute Gasteiger partial charge is 0.386 e. The van der Waals surface area contributed by atoms with Gasteiger partial charge in [-0.05, 0) is 38.2 Å². The third-order valence-corrected chi connectivity index (χ3v) is 5.64. The first kappa shape index (κ1) is 23.3. The maximum absolute atomic E-state index is 13.8. The van der Waals surface area contributed by atoms with E-state index in [4.69, 9.17) is 0 Å². The molecule has 1 saturated heterocycles. The van der Waals surface area contributed by atoms with Gasteiger partial charge in [-0.25, -0.2) is 4.39 Å². The molecule has 2 aliphatic rings. The Morgan fingerprint density at radius 2 is 2.04 bits per heavy atom. The van der Waals surface area contributed by atoms with Crippen molar-refractivity contribution in [3.63, 3.8) is 0 Å². The highest BCUT2D eigenvalue weighted by Gasteiger charge is 2.26. The molecule has 2 fully saturated rings. The molecule has 5 nitrogen and oxygen atoms in total. The number of benzene rings is 1. The second kappa shape index (κ2) is 11.9. The third-order valence-electron chi connectivity index (χ3n) is 5.64. The van der Waals surface area contributed by atoms with E-state index in [1.807, 2.05) is 6.92 Å². The van der Waals surface area contributed by atoms with Crippen LogP contribution in [0.5, 0.6) is 0 Å². The Balaban J connectivity index is 0.00000280. The van der Waals surface area contributed by atoms with Crippen LogP contribution < -0.4 is 10.6 Å². The summed E-state index contributed by atoms with van der Waals surface area (Å²) in [5.74, 6) is 1.18. The van der Waals surface area contributed by atoms with Crippen molar-refractivity contribution in [3.05, 3.63) is 35.6 Å². The highest BCUT2D eigenvalue weighted by molar-refractivity contribution is 14.0. The van der Waals surface area contributed by atoms with Crippen LogP contribution in [-0.2, 0) is 0 Å². The summed E-state index contributed by atoms with van der Waals surface area (Å²) < 4.78 is 13.8. The van der Waals surface area contributed by atoms with Crippen molar-refractivity contribution in [1.82, 2.24) is 15.5 Å². The molecule has 1 aliphatic heterocycles. The van der Waals surface area contributed by atoms with Crippen molar-refractivity contribution >= 4 is 29.9 Å². The summed E-state index contributed by atoms with van der Waals surface area (Å²) in [7, 11) is 0. The highest BCUT2D eigenvalue weighted by atomic mass is 127. The number of nitrogens with one attached hydrogen (secondary N) is 2. The van der Waals surface area contributed by atoms with Gasteiger partial charge < -0.3 is 20.6 Å². The number of aliphatic imine (C=N–C) groups is 1. The molecule has 0 aromatic heterocycles. The predicted octanol–water partition coefficient (Wildman–Crippen LogP) is 3.30. The SMILES string of the molecule is CCNC(=NCC(O)c1ccccc1F)NC1CCN(CC2CCCC2)C1.I. The summed E-state index contributed by atoms with van der Waals surface area (Å²) >= 11 is 0. The first-order valence-electron chi connectivity index (χ1n) is 10.4. The number of aliphatic hydroxyl groups is 1. The number of hydrogen-bond donors (Lipinski definition) is 3. The average Bonchev–Trinajstić information content (AvgIpc) is 3.32. The molecule has 0 bridgehead atoms. The van der Waals surface area contributed by atoms with E-state index in [1.165, 1.54) is 38.3 Å². The van der Waals surface area contributed by atoms with Gasteiger partial charge in [0, 0.05) is 37.8 Å². The number of aliphatic hydroxyl groups excluding tert-OH is 1. The maximum Gasteiger partial charge on any atom is 0.191 e. The van der Waals surface area contributed by atoms with Crippen LogP contribution in [0.25, 0.3) is 0 Å². The Morgan fingerprint density at radius 1 is 1.29 bits per heavy atom. The second-order valence-electron chi connectivity index (χ2n) is 7.80. The van der Waals surface area contributed by atoms with E-state index in [2.05, 4.69) is 20.5 Å². The summed E-state index contributed by atoms with van der Waals surface area (Å²) in [6.45, 7) is 6.29. The van der Waals surface area contributed by atoms with Gasteiger partial charge in [-0.1, -0.05) is 31.0 Å². The molecule has 3 N–H and O–H groups in total. The van der Waals surface area contributed by atoms with Crippen LogP contribution in [0.2, 0.25) is 0 Å².